The van der Waals surface area contributed by atoms with Crippen molar-refractivity contribution in [1.82, 2.24) is 4.98 Å². The van der Waals surface area contributed by atoms with E-state index < -0.39 is 0 Å². The minimum atomic E-state index is -0.165. The van der Waals surface area contributed by atoms with Gasteiger partial charge in [-0.2, -0.15) is 0 Å². The smallest absolute Gasteiger partial charge is 0.305 e. The topological polar surface area (TPSA) is 73.9 Å². The van der Waals surface area contributed by atoms with Crippen LogP contribution in [0.4, 0.5) is 0 Å². The number of hydrogen-bond donors (Lipinski definition) is 0. The van der Waals surface area contributed by atoms with E-state index in [2.05, 4.69) is 21.4 Å². The summed E-state index contributed by atoms with van der Waals surface area (Å²) in [4.78, 5) is 19.1. The van der Waals surface area contributed by atoms with E-state index in [0.717, 1.165) is 36.1 Å². The second-order valence-electron chi connectivity index (χ2n) is 6.03. The first kappa shape index (κ1) is 21.2. The van der Waals surface area contributed by atoms with E-state index in [0.29, 0.717) is 24.7 Å². The average molecular weight is 382 g/mol. The number of hydrogen-bond acceptors (Lipinski definition) is 6. The summed E-state index contributed by atoms with van der Waals surface area (Å²) in [5.41, 5.74) is 1.76. The van der Waals surface area contributed by atoms with Gasteiger partial charge in [0.2, 0.25) is 5.89 Å². The molecule has 6 heteroatoms. The van der Waals surface area contributed by atoms with Crippen LogP contribution in [0.1, 0.15) is 38.5 Å². The molecule has 1 aromatic carbocycles. The summed E-state index contributed by atoms with van der Waals surface area (Å²) >= 11 is 0. The molecule has 0 spiro atoms. The summed E-state index contributed by atoms with van der Waals surface area (Å²) in [7, 11) is 1.41. The molecule has 0 aliphatic carbocycles. The number of carbonyl (C=O) groups is 1. The molecule has 0 amide bonds. The number of ether oxygens (including phenoxy) is 2. The number of carbonyl (C=O) groups excluding carboxylic acids is 1. The number of aliphatic imine (C=N–C) groups is 1. The third kappa shape index (κ3) is 6.54. The average Bonchev–Trinajstić information content (AvgIpc) is 3.21. The maximum atomic E-state index is 11.0. The standard InChI is InChI=1S/C22H26N2O4/c1-4-17(13-14-23-2)22-24-16-20(28-22)18-9-11-19(12-10-18)27-15-7-5-6-8-21(25)26-3/h4,9-14,16H,2,5-8,15H2,1,3H3/b14-13-,17-4+. The minimum absolute atomic E-state index is 0.165. The van der Waals surface area contributed by atoms with Crippen molar-refractivity contribution in [2.75, 3.05) is 13.7 Å². The SMILES string of the molecule is C=N/C=C\C(=C/C)c1ncc(-c2ccc(OCCCCCC(=O)OC)cc2)o1. The fourth-order valence-corrected chi connectivity index (χ4v) is 2.52. The highest BCUT2D eigenvalue weighted by Crippen LogP contribution is 2.26. The molecule has 2 aromatic rings. The van der Waals surface area contributed by atoms with E-state index in [4.69, 9.17) is 9.15 Å². The molecule has 0 N–H and O–H groups in total. The van der Waals surface area contributed by atoms with Gasteiger partial charge in [0.25, 0.3) is 0 Å². The van der Waals surface area contributed by atoms with Gasteiger partial charge in [0, 0.05) is 23.8 Å². The van der Waals surface area contributed by atoms with Crippen molar-refractivity contribution in [2.24, 2.45) is 4.99 Å². The van der Waals surface area contributed by atoms with Gasteiger partial charge >= 0.3 is 5.97 Å². The van der Waals surface area contributed by atoms with Crippen molar-refractivity contribution in [3.05, 3.63) is 54.7 Å². The number of benzene rings is 1. The van der Waals surface area contributed by atoms with Crippen LogP contribution >= 0.6 is 0 Å². The molecule has 0 unspecified atom stereocenters. The van der Waals surface area contributed by atoms with Gasteiger partial charge in [-0.1, -0.05) is 6.08 Å². The van der Waals surface area contributed by atoms with Gasteiger partial charge in [-0.05, 0) is 63.2 Å². The molecular weight excluding hydrogens is 356 g/mol. The predicted octanol–water partition coefficient (Wildman–Crippen LogP) is 5.07. The number of methoxy groups -OCH3 is 1. The van der Waals surface area contributed by atoms with E-state index in [1.54, 1.807) is 18.5 Å². The molecule has 1 aromatic heterocycles. The third-order valence-electron chi connectivity index (χ3n) is 4.08. The normalized spacial score (nSPS) is 11.6. The van der Waals surface area contributed by atoms with Crippen LogP contribution < -0.4 is 4.74 Å². The van der Waals surface area contributed by atoms with Crippen LogP contribution in [-0.4, -0.2) is 31.4 Å². The quantitative estimate of drug-likeness (QED) is 0.235. The molecule has 0 saturated carbocycles. The predicted molar refractivity (Wildman–Crippen MR) is 110 cm³/mol. The van der Waals surface area contributed by atoms with Gasteiger partial charge < -0.3 is 13.9 Å². The minimum Gasteiger partial charge on any atom is -0.494 e. The van der Waals surface area contributed by atoms with Crippen LogP contribution in [0.15, 0.2) is 58.2 Å². The molecule has 0 radical (unpaired) electrons. The largest absolute Gasteiger partial charge is 0.494 e. The Labute approximate surface area is 165 Å². The second-order valence-corrected chi connectivity index (χ2v) is 6.03. The number of nitrogens with zero attached hydrogens (tertiary/aromatic N) is 2. The second kappa shape index (κ2) is 11.5. The summed E-state index contributed by atoms with van der Waals surface area (Å²) in [5.74, 6) is 1.85. The lowest BCUT2D eigenvalue weighted by molar-refractivity contribution is -0.140. The fraction of sp³-hybridized carbons (Fsp3) is 0.318. The molecule has 0 atom stereocenters. The molecule has 28 heavy (non-hydrogen) atoms. The fourth-order valence-electron chi connectivity index (χ4n) is 2.52. The molecule has 2 rings (SSSR count). The molecule has 148 valence electrons. The van der Waals surface area contributed by atoms with Crippen molar-refractivity contribution < 1.29 is 18.7 Å². The summed E-state index contributed by atoms with van der Waals surface area (Å²) in [6, 6.07) is 7.69. The monoisotopic (exact) mass is 382 g/mol. The number of oxazole rings is 1. The lowest BCUT2D eigenvalue weighted by Gasteiger charge is -2.06. The molecule has 0 aliphatic heterocycles. The molecule has 0 bridgehead atoms. The number of esters is 1. The van der Waals surface area contributed by atoms with Crippen LogP contribution in [0.5, 0.6) is 5.75 Å². The first-order valence-corrected chi connectivity index (χ1v) is 9.23. The lowest BCUT2D eigenvalue weighted by Crippen LogP contribution is -2.01. The van der Waals surface area contributed by atoms with E-state index in [1.165, 1.54) is 7.11 Å². The molecule has 6 nitrogen and oxygen atoms in total. The zero-order valence-electron chi connectivity index (χ0n) is 16.4. The Morgan fingerprint density at radius 2 is 2.04 bits per heavy atom. The number of unbranched alkanes of at least 4 members (excludes halogenated alkanes) is 2. The van der Waals surface area contributed by atoms with Crippen molar-refractivity contribution in [3.63, 3.8) is 0 Å². The number of aromatic nitrogens is 1. The van der Waals surface area contributed by atoms with E-state index in [9.17, 15) is 4.79 Å². The molecule has 1 heterocycles. The summed E-state index contributed by atoms with van der Waals surface area (Å²) in [6.07, 6.45) is 10.1. The van der Waals surface area contributed by atoms with Crippen LogP contribution in [0.2, 0.25) is 0 Å². The van der Waals surface area contributed by atoms with Crippen LogP contribution in [-0.2, 0) is 9.53 Å². The van der Waals surface area contributed by atoms with Crippen LogP contribution in [0, 0.1) is 0 Å². The third-order valence-corrected chi connectivity index (χ3v) is 4.08. The maximum Gasteiger partial charge on any atom is 0.305 e. The Morgan fingerprint density at radius 1 is 1.25 bits per heavy atom. The van der Waals surface area contributed by atoms with Crippen molar-refractivity contribution in [3.8, 4) is 17.1 Å². The Bertz CT molecular complexity index is 819. The van der Waals surface area contributed by atoms with Crippen molar-refractivity contribution >= 4 is 18.3 Å². The van der Waals surface area contributed by atoms with E-state index in [1.807, 2.05) is 37.3 Å². The molecule has 0 aliphatic rings. The number of rotatable bonds is 11. The number of allylic oxidation sites excluding steroid dienone is 3. The highest BCUT2D eigenvalue weighted by Gasteiger charge is 2.09. The summed E-state index contributed by atoms with van der Waals surface area (Å²) in [5, 5.41) is 0. The van der Waals surface area contributed by atoms with Gasteiger partial charge in [0.05, 0.1) is 19.9 Å². The lowest BCUT2D eigenvalue weighted by atomic mass is 10.2. The summed E-state index contributed by atoms with van der Waals surface area (Å²) in [6.45, 7) is 5.95. The molecule has 0 fully saturated rings. The van der Waals surface area contributed by atoms with Gasteiger partial charge in [-0.25, -0.2) is 4.98 Å². The Hall–Kier alpha value is -3.15. The Balaban J connectivity index is 1.85. The van der Waals surface area contributed by atoms with Crippen molar-refractivity contribution in [2.45, 2.75) is 32.6 Å². The first-order valence-electron chi connectivity index (χ1n) is 9.23. The van der Waals surface area contributed by atoms with E-state index >= 15 is 0 Å². The van der Waals surface area contributed by atoms with Crippen molar-refractivity contribution in [1.29, 1.82) is 0 Å². The zero-order chi connectivity index (χ0) is 20.2. The van der Waals surface area contributed by atoms with Gasteiger partial charge in [0.15, 0.2) is 5.76 Å². The maximum absolute atomic E-state index is 11.0. The molecular formula is C22H26N2O4. The van der Waals surface area contributed by atoms with Crippen LogP contribution in [0.3, 0.4) is 0 Å². The molecule has 0 saturated heterocycles. The zero-order valence-corrected chi connectivity index (χ0v) is 16.4. The Kier molecular flexibility index (Phi) is 8.72. The Morgan fingerprint density at radius 3 is 2.71 bits per heavy atom. The highest BCUT2D eigenvalue weighted by atomic mass is 16.5. The van der Waals surface area contributed by atoms with Gasteiger partial charge in [-0.15, -0.1) is 0 Å². The van der Waals surface area contributed by atoms with E-state index in [-0.39, 0.29) is 5.97 Å². The highest BCUT2D eigenvalue weighted by molar-refractivity contribution is 5.70. The van der Waals surface area contributed by atoms with Crippen LogP contribution in [0.25, 0.3) is 16.9 Å². The first-order chi connectivity index (χ1) is 13.7. The summed E-state index contributed by atoms with van der Waals surface area (Å²) < 4.78 is 16.2. The van der Waals surface area contributed by atoms with Gasteiger partial charge in [-0.3, -0.25) is 9.79 Å². The van der Waals surface area contributed by atoms with Gasteiger partial charge in [0.1, 0.15) is 5.75 Å².